The lowest BCUT2D eigenvalue weighted by atomic mass is 10.3. The summed E-state index contributed by atoms with van der Waals surface area (Å²) >= 11 is 7.21. The number of carbonyl (C=O) groups is 1. The van der Waals surface area contributed by atoms with Gasteiger partial charge in [0, 0.05) is 11.9 Å². The van der Waals surface area contributed by atoms with Crippen molar-refractivity contribution in [2.45, 2.75) is 5.16 Å². The minimum absolute atomic E-state index is 0.131. The van der Waals surface area contributed by atoms with Crippen molar-refractivity contribution in [1.29, 1.82) is 0 Å². The minimum Gasteiger partial charge on any atom is -0.457 e. The van der Waals surface area contributed by atoms with Crippen LogP contribution in [0, 0.1) is 0 Å². The van der Waals surface area contributed by atoms with E-state index in [4.69, 9.17) is 16.3 Å². The fourth-order valence-electron chi connectivity index (χ4n) is 2.48. The summed E-state index contributed by atoms with van der Waals surface area (Å²) in [5.41, 5.74) is 2.01. The molecule has 0 aliphatic carbocycles. The van der Waals surface area contributed by atoms with Gasteiger partial charge < -0.3 is 15.0 Å². The SMILES string of the molecule is O=C(CSc1nc2ncc(Cl)cc2[nH]1)Nc1ccc(Oc2ccccc2)cc1. The predicted octanol–water partition coefficient (Wildman–Crippen LogP) is 5.13. The van der Waals surface area contributed by atoms with Gasteiger partial charge >= 0.3 is 0 Å². The van der Waals surface area contributed by atoms with Crippen molar-refractivity contribution in [2.75, 3.05) is 11.1 Å². The third-order valence-corrected chi connectivity index (χ3v) is 4.82. The molecule has 0 saturated heterocycles. The Hall–Kier alpha value is -3.03. The number of benzene rings is 2. The molecule has 0 radical (unpaired) electrons. The molecular formula is C20H15ClN4O2S. The van der Waals surface area contributed by atoms with Crippen LogP contribution in [0.3, 0.4) is 0 Å². The van der Waals surface area contributed by atoms with Crippen molar-refractivity contribution in [2.24, 2.45) is 0 Å². The first kappa shape index (κ1) is 18.3. The summed E-state index contributed by atoms with van der Waals surface area (Å²) in [4.78, 5) is 23.7. The number of amides is 1. The number of thioether (sulfide) groups is 1. The van der Waals surface area contributed by atoms with Gasteiger partial charge in [0.15, 0.2) is 10.8 Å². The van der Waals surface area contributed by atoms with Crippen LogP contribution >= 0.6 is 23.4 Å². The molecule has 0 aliphatic rings. The third-order valence-electron chi connectivity index (χ3n) is 3.74. The molecule has 4 aromatic rings. The number of imidazole rings is 1. The molecule has 6 nitrogen and oxygen atoms in total. The molecule has 0 bridgehead atoms. The van der Waals surface area contributed by atoms with Crippen LogP contribution in [-0.2, 0) is 4.79 Å². The first-order valence-corrected chi connectivity index (χ1v) is 9.79. The van der Waals surface area contributed by atoms with Gasteiger partial charge in [-0.3, -0.25) is 4.79 Å². The van der Waals surface area contributed by atoms with E-state index in [1.807, 2.05) is 42.5 Å². The highest BCUT2D eigenvalue weighted by Crippen LogP contribution is 2.23. The fourth-order valence-corrected chi connectivity index (χ4v) is 3.31. The fraction of sp³-hybridized carbons (Fsp3) is 0.0500. The smallest absolute Gasteiger partial charge is 0.234 e. The molecule has 0 saturated carbocycles. The summed E-state index contributed by atoms with van der Waals surface area (Å²) in [5.74, 6) is 1.55. The number of hydrogen-bond donors (Lipinski definition) is 2. The molecular weight excluding hydrogens is 396 g/mol. The summed E-state index contributed by atoms with van der Waals surface area (Å²) in [7, 11) is 0. The number of ether oxygens (including phenoxy) is 1. The Balaban J connectivity index is 1.31. The highest BCUT2D eigenvalue weighted by molar-refractivity contribution is 7.99. The molecule has 4 rings (SSSR count). The van der Waals surface area contributed by atoms with Crippen LogP contribution in [0.4, 0.5) is 5.69 Å². The molecule has 2 aromatic carbocycles. The number of carbonyl (C=O) groups excluding carboxylic acids is 1. The van der Waals surface area contributed by atoms with Crippen LogP contribution in [0.25, 0.3) is 11.2 Å². The average Bonchev–Trinajstić information content (AvgIpc) is 3.11. The van der Waals surface area contributed by atoms with E-state index >= 15 is 0 Å². The highest BCUT2D eigenvalue weighted by Gasteiger charge is 2.09. The van der Waals surface area contributed by atoms with Crippen molar-refractivity contribution in [1.82, 2.24) is 15.0 Å². The molecule has 2 N–H and O–H groups in total. The number of halogens is 1. The van der Waals surface area contributed by atoms with Gasteiger partial charge in [-0.2, -0.15) is 0 Å². The van der Waals surface area contributed by atoms with E-state index in [-0.39, 0.29) is 11.7 Å². The molecule has 1 amide bonds. The number of rotatable bonds is 6. The van der Waals surface area contributed by atoms with Crippen LogP contribution in [0.2, 0.25) is 5.02 Å². The molecule has 0 aliphatic heterocycles. The van der Waals surface area contributed by atoms with Crippen LogP contribution < -0.4 is 10.1 Å². The number of nitrogens with zero attached hydrogens (tertiary/aromatic N) is 2. The van der Waals surface area contributed by atoms with E-state index in [0.717, 1.165) is 11.3 Å². The van der Waals surface area contributed by atoms with Crippen LogP contribution in [0.5, 0.6) is 11.5 Å². The monoisotopic (exact) mass is 410 g/mol. The Bertz CT molecular complexity index is 1100. The zero-order valence-electron chi connectivity index (χ0n) is 14.6. The Labute approximate surface area is 170 Å². The normalized spacial score (nSPS) is 10.8. The zero-order chi connectivity index (χ0) is 19.3. The molecule has 28 heavy (non-hydrogen) atoms. The van der Waals surface area contributed by atoms with E-state index in [9.17, 15) is 4.79 Å². The molecule has 0 atom stereocenters. The van der Waals surface area contributed by atoms with Crippen molar-refractivity contribution >= 4 is 46.1 Å². The Morgan fingerprint density at radius 2 is 1.86 bits per heavy atom. The van der Waals surface area contributed by atoms with Gasteiger partial charge in [-0.05, 0) is 42.5 Å². The van der Waals surface area contributed by atoms with E-state index in [2.05, 4.69) is 20.3 Å². The highest BCUT2D eigenvalue weighted by atomic mass is 35.5. The number of aromatic amines is 1. The largest absolute Gasteiger partial charge is 0.457 e. The summed E-state index contributed by atoms with van der Waals surface area (Å²) in [5, 5.41) is 4.00. The van der Waals surface area contributed by atoms with Gasteiger partial charge in [0.25, 0.3) is 0 Å². The van der Waals surface area contributed by atoms with Crippen molar-refractivity contribution in [3.8, 4) is 11.5 Å². The van der Waals surface area contributed by atoms with E-state index in [1.54, 1.807) is 18.2 Å². The zero-order valence-corrected chi connectivity index (χ0v) is 16.1. The standard InChI is InChI=1S/C20H15ClN4O2S/c21-13-10-17-19(22-11-13)25-20(24-17)28-12-18(26)23-14-6-8-16(9-7-14)27-15-4-2-1-3-5-15/h1-11H,12H2,(H,23,26)(H,22,24,25). The molecule has 140 valence electrons. The van der Waals surface area contributed by atoms with Gasteiger partial charge in [0.2, 0.25) is 5.91 Å². The lowest BCUT2D eigenvalue weighted by molar-refractivity contribution is -0.113. The number of hydrogen-bond acceptors (Lipinski definition) is 5. The Morgan fingerprint density at radius 1 is 1.11 bits per heavy atom. The second-order valence-corrected chi connectivity index (χ2v) is 7.24. The van der Waals surface area contributed by atoms with Gasteiger partial charge in [-0.25, -0.2) is 9.97 Å². The average molecular weight is 411 g/mol. The van der Waals surface area contributed by atoms with Crippen LogP contribution in [0.15, 0.2) is 72.0 Å². The van der Waals surface area contributed by atoms with Gasteiger partial charge in [-0.1, -0.05) is 41.6 Å². The Kier molecular flexibility index (Phi) is 5.45. The minimum atomic E-state index is -0.131. The lowest BCUT2D eigenvalue weighted by Crippen LogP contribution is -2.13. The van der Waals surface area contributed by atoms with Crippen molar-refractivity contribution in [3.05, 3.63) is 71.9 Å². The molecule has 0 unspecified atom stereocenters. The quantitative estimate of drug-likeness (QED) is 0.430. The van der Waals surface area contributed by atoms with Crippen molar-refractivity contribution in [3.63, 3.8) is 0 Å². The second-order valence-electron chi connectivity index (χ2n) is 5.84. The topological polar surface area (TPSA) is 79.9 Å². The first-order valence-electron chi connectivity index (χ1n) is 8.42. The second kappa shape index (κ2) is 8.33. The Morgan fingerprint density at radius 3 is 2.64 bits per heavy atom. The number of H-pyrrole nitrogens is 1. The molecule has 0 fully saturated rings. The number of anilines is 1. The number of nitrogens with one attached hydrogen (secondary N) is 2. The van der Waals surface area contributed by atoms with E-state index < -0.39 is 0 Å². The van der Waals surface area contributed by atoms with Gasteiger partial charge in [0.05, 0.1) is 16.3 Å². The summed E-state index contributed by atoms with van der Waals surface area (Å²) in [6.07, 6.45) is 1.54. The number of aromatic nitrogens is 3. The number of fused-ring (bicyclic) bond motifs is 1. The molecule has 8 heteroatoms. The first-order chi connectivity index (χ1) is 13.7. The summed E-state index contributed by atoms with van der Waals surface area (Å²) in [6.45, 7) is 0. The number of pyridine rings is 1. The van der Waals surface area contributed by atoms with Gasteiger partial charge in [0.1, 0.15) is 11.5 Å². The van der Waals surface area contributed by atoms with Crippen LogP contribution in [-0.4, -0.2) is 26.6 Å². The maximum atomic E-state index is 12.2. The van der Waals surface area contributed by atoms with Crippen LogP contribution in [0.1, 0.15) is 0 Å². The van der Waals surface area contributed by atoms with E-state index in [0.29, 0.717) is 27.3 Å². The third kappa shape index (κ3) is 4.62. The molecule has 0 spiro atoms. The predicted molar refractivity (Wildman–Crippen MR) is 111 cm³/mol. The van der Waals surface area contributed by atoms with Gasteiger partial charge in [-0.15, -0.1) is 0 Å². The molecule has 2 heterocycles. The van der Waals surface area contributed by atoms with Crippen molar-refractivity contribution < 1.29 is 9.53 Å². The maximum Gasteiger partial charge on any atom is 0.234 e. The summed E-state index contributed by atoms with van der Waals surface area (Å²) < 4.78 is 5.74. The number of para-hydroxylation sites is 1. The summed E-state index contributed by atoms with van der Waals surface area (Å²) in [6, 6.07) is 18.5. The van der Waals surface area contributed by atoms with E-state index in [1.165, 1.54) is 18.0 Å². The lowest BCUT2D eigenvalue weighted by Gasteiger charge is -2.07. The molecule has 2 aromatic heterocycles. The maximum absolute atomic E-state index is 12.2.